The predicted octanol–water partition coefficient (Wildman–Crippen LogP) is 3.15. The Balaban J connectivity index is 1.60. The molecule has 0 aliphatic carbocycles. The van der Waals surface area contributed by atoms with E-state index in [-0.39, 0.29) is 12.2 Å². The van der Waals surface area contributed by atoms with Crippen molar-refractivity contribution in [2.24, 2.45) is 0 Å². The van der Waals surface area contributed by atoms with Gasteiger partial charge in [0.1, 0.15) is 6.61 Å². The second-order valence-corrected chi connectivity index (χ2v) is 4.87. The predicted molar refractivity (Wildman–Crippen MR) is 81.6 cm³/mol. The van der Waals surface area contributed by atoms with Crippen LogP contribution in [0.25, 0.3) is 11.4 Å². The zero-order valence-corrected chi connectivity index (χ0v) is 12.2. The molecule has 0 amide bonds. The lowest BCUT2D eigenvalue weighted by Gasteiger charge is -2.00. The first-order valence-corrected chi connectivity index (χ1v) is 7.00. The standard InChI is InChI=1S/C17H14N2O4/c20-17(21)14-8-6-13(7-9-14)16-18-15(23-19-16)11-22-10-12-4-2-1-3-5-12/h1-9H,10-11H2,(H,20,21). The highest BCUT2D eigenvalue weighted by Crippen LogP contribution is 2.17. The summed E-state index contributed by atoms with van der Waals surface area (Å²) in [6.07, 6.45) is 0. The molecule has 0 spiro atoms. The van der Waals surface area contributed by atoms with Crippen LogP contribution in [0.5, 0.6) is 0 Å². The largest absolute Gasteiger partial charge is 0.478 e. The summed E-state index contributed by atoms with van der Waals surface area (Å²) in [6.45, 7) is 0.682. The topological polar surface area (TPSA) is 85.5 Å². The molecule has 0 radical (unpaired) electrons. The zero-order chi connectivity index (χ0) is 16.1. The number of aromatic nitrogens is 2. The van der Waals surface area contributed by atoms with E-state index in [1.165, 1.54) is 12.1 Å². The van der Waals surface area contributed by atoms with Crippen LogP contribution in [-0.2, 0) is 18.0 Å². The maximum atomic E-state index is 10.8. The Bertz CT molecular complexity index is 782. The summed E-state index contributed by atoms with van der Waals surface area (Å²) in [5.41, 5.74) is 1.97. The Morgan fingerprint density at radius 1 is 1.04 bits per heavy atom. The smallest absolute Gasteiger partial charge is 0.335 e. The van der Waals surface area contributed by atoms with Crippen LogP contribution in [-0.4, -0.2) is 21.2 Å². The fraction of sp³-hybridized carbons (Fsp3) is 0.118. The van der Waals surface area contributed by atoms with Crippen LogP contribution in [0.3, 0.4) is 0 Å². The van der Waals surface area contributed by atoms with Gasteiger partial charge in [0.2, 0.25) is 5.82 Å². The van der Waals surface area contributed by atoms with Crippen LogP contribution < -0.4 is 0 Å². The van der Waals surface area contributed by atoms with Gasteiger partial charge in [-0.05, 0) is 17.7 Å². The molecule has 0 unspecified atom stereocenters. The van der Waals surface area contributed by atoms with E-state index in [4.69, 9.17) is 14.4 Å². The van der Waals surface area contributed by atoms with E-state index in [2.05, 4.69) is 10.1 Å². The van der Waals surface area contributed by atoms with Crippen molar-refractivity contribution in [2.75, 3.05) is 0 Å². The molecule has 1 N–H and O–H groups in total. The molecule has 0 saturated heterocycles. The lowest BCUT2D eigenvalue weighted by atomic mass is 10.1. The summed E-state index contributed by atoms with van der Waals surface area (Å²) in [4.78, 5) is 15.1. The SMILES string of the molecule is O=C(O)c1ccc(-c2noc(COCc3ccccc3)n2)cc1. The second-order valence-electron chi connectivity index (χ2n) is 4.87. The van der Waals surface area contributed by atoms with Crippen molar-refractivity contribution in [3.63, 3.8) is 0 Å². The van der Waals surface area contributed by atoms with Crippen molar-refractivity contribution in [3.8, 4) is 11.4 Å². The van der Waals surface area contributed by atoms with Crippen molar-refractivity contribution in [2.45, 2.75) is 13.2 Å². The molecule has 0 fully saturated rings. The fourth-order valence-electron chi connectivity index (χ4n) is 2.02. The van der Waals surface area contributed by atoms with E-state index in [1.54, 1.807) is 12.1 Å². The number of hydrogen-bond acceptors (Lipinski definition) is 5. The molecule has 3 rings (SSSR count). The fourth-order valence-corrected chi connectivity index (χ4v) is 2.02. The van der Waals surface area contributed by atoms with Gasteiger partial charge >= 0.3 is 5.97 Å². The van der Waals surface area contributed by atoms with E-state index < -0.39 is 5.97 Å². The van der Waals surface area contributed by atoms with E-state index in [9.17, 15) is 4.79 Å². The molecule has 3 aromatic rings. The van der Waals surface area contributed by atoms with E-state index in [0.29, 0.717) is 23.9 Å². The maximum absolute atomic E-state index is 10.8. The van der Waals surface area contributed by atoms with Gasteiger partial charge in [-0.3, -0.25) is 0 Å². The Labute approximate surface area is 132 Å². The summed E-state index contributed by atoms with van der Waals surface area (Å²) in [5, 5.41) is 12.7. The highest BCUT2D eigenvalue weighted by Gasteiger charge is 2.10. The van der Waals surface area contributed by atoms with Gasteiger partial charge < -0.3 is 14.4 Å². The van der Waals surface area contributed by atoms with Crippen LogP contribution in [0, 0.1) is 0 Å². The van der Waals surface area contributed by atoms with E-state index >= 15 is 0 Å². The molecule has 1 heterocycles. The number of carboxylic acid groups (broad SMARTS) is 1. The van der Waals surface area contributed by atoms with Crippen LogP contribution in [0.2, 0.25) is 0 Å². The first-order chi connectivity index (χ1) is 11.2. The number of nitrogens with zero attached hydrogens (tertiary/aromatic N) is 2. The van der Waals surface area contributed by atoms with Gasteiger partial charge in [-0.1, -0.05) is 47.6 Å². The number of carbonyl (C=O) groups is 1. The molecule has 0 atom stereocenters. The normalized spacial score (nSPS) is 10.6. The molecule has 6 nitrogen and oxygen atoms in total. The minimum atomic E-state index is -0.973. The number of benzene rings is 2. The number of hydrogen-bond donors (Lipinski definition) is 1. The molecule has 1 aromatic heterocycles. The van der Waals surface area contributed by atoms with Crippen LogP contribution in [0.15, 0.2) is 59.1 Å². The molecular formula is C17H14N2O4. The lowest BCUT2D eigenvalue weighted by molar-refractivity contribution is 0.0697. The minimum Gasteiger partial charge on any atom is -0.478 e. The average Bonchev–Trinajstić information content (AvgIpc) is 3.05. The van der Waals surface area contributed by atoms with Gasteiger partial charge in [-0.2, -0.15) is 4.98 Å². The number of carboxylic acids is 1. The molecule has 2 aromatic carbocycles. The van der Waals surface area contributed by atoms with Crippen molar-refractivity contribution in [3.05, 3.63) is 71.6 Å². The highest BCUT2D eigenvalue weighted by atomic mass is 16.5. The van der Waals surface area contributed by atoms with Crippen molar-refractivity contribution >= 4 is 5.97 Å². The first-order valence-electron chi connectivity index (χ1n) is 7.00. The number of rotatable bonds is 6. The van der Waals surface area contributed by atoms with Crippen LogP contribution in [0.4, 0.5) is 0 Å². The molecule has 0 aliphatic rings. The quantitative estimate of drug-likeness (QED) is 0.752. The summed E-state index contributed by atoms with van der Waals surface area (Å²) < 4.78 is 10.7. The molecule has 116 valence electrons. The van der Waals surface area contributed by atoms with E-state index in [0.717, 1.165) is 5.56 Å². The first kappa shape index (κ1) is 14.9. The minimum absolute atomic E-state index is 0.212. The summed E-state index contributed by atoms with van der Waals surface area (Å²) >= 11 is 0. The monoisotopic (exact) mass is 310 g/mol. The van der Waals surface area contributed by atoms with Gasteiger partial charge in [0.15, 0.2) is 0 Å². The number of ether oxygens (including phenoxy) is 1. The molecule has 0 bridgehead atoms. The van der Waals surface area contributed by atoms with Gasteiger partial charge in [-0.15, -0.1) is 0 Å². The van der Waals surface area contributed by atoms with Crippen molar-refractivity contribution in [1.29, 1.82) is 0 Å². The third-order valence-electron chi connectivity index (χ3n) is 3.20. The third kappa shape index (κ3) is 3.81. The average molecular weight is 310 g/mol. The van der Waals surface area contributed by atoms with Crippen LogP contribution >= 0.6 is 0 Å². The molecule has 0 saturated carbocycles. The maximum Gasteiger partial charge on any atom is 0.335 e. The molecule has 23 heavy (non-hydrogen) atoms. The third-order valence-corrected chi connectivity index (χ3v) is 3.20. The second kappa shape index (κ2) is 6.85. The van der Waals surface area contributed by atoms with Gasteiger partial charge in [0, 0.05) is 5.56 Å². The lowest BCUT2D eigenvalue weighted by Crippen LogP contribution is -1.95. The molecular weight excluding hydrogens is 296 g/mol. The number of aromatic carboxylic acids is 1. The summed E-state index contributed by atoms with van der Waals surface area (Å²) in [5.74, 6) is -0.196. The summed E-state index contributed by atoms with van der Waals surface area (Å²) in [6, 6.07) is 16.1. The highest BCUT2D eigenvalue weighted by molar-refractivity contribution is 5.88. The Kier molecular flexibility index (Phi) is 4.44. The van der Waals surface area contributed by atoms with Gasteiger partial charge in [0.05, 0.1) is 12.2 Å². The van der Waals surface area contributed by atoms with Crippen LogP contribution in [0.1, 0.15) is 21.8 Å². The van der Waals surface area contributed by atoms with Crippen molar-refractivity contribution < 1.29 is 19.2 Å². The van der Waals surface area contributed by atoms with Crippen molar-refractivity contribution in [1.82, 2.24) is 10.1 Å². The summed E-state index contributed by atoms with van der Waals surface area (Å²) in [7, 11) is 0. The Morgan fingerprint density at radius 3 is 2.48 bits per heavy atom. The van der Waals surface area contributed by atoms with Gasteiger partial charge in [0.25, 0.3) is 5.89 Å². The van der Waals surface area contributed by atoms with Gasteiger partial charge in [-0.25, -0.2) is 4.79 Å². The zero-order valence-electron chi connectivity index (χ0n) is 12.2. The van der Waals surface area contributed by atoms with E-state index in [1.807, 2.05) is 30.3 Å². The Hall–Kier alpha value is -2.99. The molecule has 6 heteroatoms. The molecule has 0 aliphatic heterocycles. The Morgan fingerprint density at radius 2 is 1.78 bits per heavy atom.